The molecule has 0 amide bonds. The molecule has 1 aromatic heterocycles. The van der Waals surface area contributed by atoms with E-state index in [1.165, 1.54) is 9.75 Å². The molecule has 0 saturated heterocycles. The van der Waals surface area contributed by atoms with Gasteiger partial charge in [-0.25, -0.2) is 0 Å². The van der Waals surface area contributed by atoms with Crippen LogP contribution in [0, 0.1) is 0 Å². The van der Waals surface area contributed by atoms with Crippen molar-refractivity contribution in [1.29, 1.82) is 0 Å². The molecule has 86 valence electrons. The molecule has 0 unspecified atom stereocenters. The second kappa shape index (κ2) is 6.95. The van der Waals surface area contributed by atoms with Crippen molar-refractivity contribution in [3.63, 3.8) is 0 Å². The summed E-state index contributed by atoms with van der Waals surface area (Å²) in [4.78, 5) is 2.79. The second-order valence-electron chi connectivity index (χ2n) is 3.25. The van der Waals surface area contributed by atoms with E-state index in [-0.39, 0.29) is 6.29 Å². The molecule has 1 heterocycles. The molecular weight excluding hydrogens is 210 g/mol. The molecule has 0 spiro atoms. The van der Waals surface area contributed by atoms with E-state index in [1.807, 2.05) is 11.3 Å². The molecular formula is C11H19NO2S. The third-order valence-electron chi connectivity index (χ3n) is 2.20. The van der Waals surface area contributed by atoms with E-state index in [0.717, 1.165) is 13.0 Å². The highest BCUT2D eigenvalue weighted by Crippen LogP contribution is 2.16. The molecule has 0 radical (unpaired) electrons. The molecule has 1 N–H and O–H groups in total. The van der Waals surface area contributed by atoms with E-state index in [9.17, 15) is 0 Å². The predicted molar refractivity (Wildman–Crippen MR) is 63.2 cm³/mol. The summed E-state index contributed by atoms with van der Waals surface area (Å²) >= 11 is 1.86. The third kappa shape index (κ3) is 4.30. The number of methoxy groups -OCH3 is 2. The molecule has 4 heteroatoms. The van der Waals surface area contributed by atoms with Crippen LogP contribution in [0.1, 0.15) is 16.7 Å². The van der Waals surface area contributed by atoms with Crippen molar-refractivity contribution >= 4 is 11.3 Å². The molecule has 0 aliphatic carbocycles. The summed E-state index contributed by atoms with van der Waals surface area (Å²) in [7, 11) is 3.30. The van der Waals surface area contributed by atoms with Gasteiger partial charge in [-0.15, -0.1) is 11.3 Å². The van der Waals surface area contributed by atoms with Crippen LogP contribution >= 0.6 is 11.3 Å². The summed E-state index contributed by atoms with van der Waals surface area (Å²) < 4.78 is 10.2. The van der Waals surface area contributed by atoms with Crippen LogP contribution < -0.4 is 5.32 Å². The quantitative estimate of drug-likeness (QED) is 0.726. The fraction of sp³-hybridized carbons (Fsp3) is 0.636. The van der Waals surface area contributed by atoms with Crippen LogP contribution in [0.15, 0.2) is 12.1 Å². The summed E-state index contributed by atoms with van der Waals surface area (Å²) in [5, 5.41) is 3.30. The number of ether oxygens (including phenoxy) is 2. The van der Waals surface area contributed by atoms with Crippen LogP contribution in [-0.4, -0.2) is 27.1 Å². The largest absolute Gasteiger partial charge is 0.355 e. The Labute approximate surface area is 95.4 Å². The fourth-order valence-corrected chi connectivity index (χ4v) is 2.21. The molecule has 3 nitrogen and oxygen atoms in total. The Morgan fingerprint density at radius 3 is 2.47 bits per heavy atom. The number of hydrogen-bond acceptors (Lipinski definition) is 4. The van der Waals surface area contributed by atoms with Gasteiger partial charge in [-0.1, -0.05) is 6.92 Å². The Bertz CT molecular complexity index is 271. The van der Waals surface area contributed by atoms with E-state index >= 15 is 0 Å². The van der Waals surface area contributed by atoms with Crippen LogP contribution in [0.25, 0.3) is 0 Å². The van der Waals surface area contributed by atoms with Crippen LogP contribution in [0.5, 0.6) is 0 Å². The highest BCUT2D eigenvalue weighted by atomic mass is 32.1. The third-order valence-corrected chi connectivity index (χ3v) is 3.43. The average molecular weight is 229 g/mol. The minimum Gasteiger partial charge on any atom is -0.355 e. The van der Waals surface area contributed by atoms with Crippen molar-refractivity contribution in [3.05, 3.63) is 21.9 Å². The summed E-state index contributed by atoms with van der Waals surface area (Å²) in [5.74, 6) is 0. The zero-order valence-electron chi connectivity index (χ0n) is 9.58. The number of hydrogen-bond donors (Lipinski definition) is 1. The van der Waals surface area contributed by atoms with E-state index in [0.29, 0.717) is 6.54 Å². The van der Waals surface area contributed by atoms with Crippen molar-refractivity contribution in [2.24, 2.45) is 0 Å². The first-order valence-corrected chi connectivity index (χ1v) is 5.95. The average Bonchev–Trinajstić information content (AvgIpc) is 2.72. The summed E-state index contributed by atoms with van der Waals surface area (Å²) in [5.41, 5.74) is 0. The predicted octanol–water partition coefficient (Wildman–Crippen LogP) is 2.02. The normalized spacial score (nSPS) is 11.2. The van der Waals surface area contributed by atoms with Gasteiger partial charge in [-0.05, 0) is 18.6 Å². The van der Waals surface area contributed by atoms with Gasteiger partial charge in [0, 0.05) is 37.1 Å². The molecule has 0 fully saturated rings. The minimum atomic E-state index is -0.157. The van der Waals surface area contributed by atoms with Crippen LogP contribution in [0.4, 0.5) is 0 Å². The maximum Gasteiger partial charge on any atom is 0.169 e. The van der Waals surface area contributed by atoms with Crippen LogP contribution in [0.3, 0.4) is 0 Å². The van der Waals surface area contributed by atoms with Crippen molar-refractivity contribution in [1.82, 2.24) is 5.32 Å². The van der Waals surface area contributed by atoms with Gasteiger partial charge in [-0.3, -0.25) is 0 Å². The lowest BCUT2D eigenvalue weighted by Crippen LogP contribution is -2.29. The van der Waals surface area contributed by atoms with Gasteiger partial charge in [0.1, 0.15) is 0 Å². The fourth-order valence-electron chi connectivity index (χ4n) is 1.28. The van der Waals surface area contributed by atoms with Gasteiger partial charge in [0.05, 0.1) is 0 Å². The van der Waals surface area contributed by atoms with Crippen molar-refractivity contribution in [2.75, 3.05) is 20.8 Å². The van der Waals surface area contributed by atoms with Gasteiger partial charge in [0.25, 0.3) is 0 Å². The van der Waals surface area contributed by atoms with Crippen molar-refractivity contribution in [3.8, 4) is 0 Å². The lowest BCUT2D eigenvalue weighted by Gasteiger charge is -2.13. The van der Waals surface area contributed by atoms with Gasteiger partial charge in [0.15, 0.2) is 6.29 Å². The molecule has 0 atom stereocenters. The van der Waals surface area contributed by atoms with Gasteiger partial charge in [-0.2, -0.15) is 0 Å². The van der Waals surface area contributed by atoms with E-state index < -0.39 is 0 Å². The molecule has 1 rings (SSSR count). The number of aryl methyl sites for hydroxylation is 1. The molecule has 0 aliphatic heterocycles. The standard InChI is InChI=1S/C11H19NO2S/c1-4-9-5-6-10(15-9)7-12-8-11(13-2)14-3/h5-6,11-12H,4,7-8H2,1-3H3. The number of nitrogens with one attached hydrogen (secondary N) is 1. The Morgan fingerprint density at radius 1 is 1.27 bits per heavy atom. The Hall–Kier alpha value is -0.420. The Balaban J connectivity index is 2.25. The van der Waals surface area contributed by atoms with Crippen LogP contribution in [-0.2, 0) is 22.4 Å². The van der Waals surface area contributed by atoms with Crippen LogP contribution in [0.2, 0.25) is 0 Å². The van der Waals surface area contributed by atoms with Gasteiger partial charge >= 0.3 is 0 Å². The lowest BCUT2D eigenvalue weighted by atomic mass is 10.3. The van der Waals surface area contributed by atoms with Crippen molar-refractivity contribution in [2.45, 2.75) is 26.2 Å². The van der Waals surface area contributed by atoms with E-state index in [2.05, 4.69) is 24.4 Å². The maximum absolute atomic E-state index is 5.08. The first-order valence-electron chi connectivity index (χ1n) is 5.14. The first kappa shape index (κ1) is 12.6. The number of thiophene rings is 1. The summed E-state index contributed by atoms with van der Waals surface area (Å²) in [6.07, 6.45) is 0.958. The summed E-state index contributed by atoms with van der Waals surface area (Å²) in [6, 6.07) is 4.36. The highest BCUT2D eigenvalue weighted by molar-refractivity contribution is 7.11. The molecule has 0 aliphatic rings. The number of rotatable bonds is 7. The Morgan fingerprint density at radius 2 is 1.93 bits per heavy atom. The van der Waals surface area contributed by atoms with Gasteiger partial charge in [0.2, 0.25) is 0 Å². The zero-order valence-corrected chi connectivity index (χ0v) is 10.4. The molecule has 0 bridgehead atoms. The first-order chi connectivity index (χ1) is 7.30. The second-order valence-corrected chi connectivity index (χ2v) is 4.51. The lowest BCUT2D eigenvalue weighted by molar-refractivity contribution is -0.0988. The molecule has 0 aromatic carbocycles. The summed E-state index contributed by atoms with van der Waals surface area (Å²) in [6.45, 7) is 3.77. The minimum absolute atomic E-state index is 0.157. The molecule has 1 aromatic rings. The topological polar surface area (TPSA) is 30.5 Å². The smallest absolute Gasteiger partial charge is 0.169 e. The van der Waals surface area contributed by atoms with Gasteiger partial charge < -0.3 is 14.8 Å². The molecule has 0 saturated carbocycles. The van der Waals surface area contributed by atoms with Crippen molar-refractivity contribution < 1.29 is 9.47 Å². The highest BCUT2D eigenvalue weighted by Gasteiger charge is 2.04. The molecule has 15 heavy (non-hydrogen) atoms. The monoisotopic (exact) mass is 229 g/mol. The Kier molecular flexibility index (Phi) is 5.86. The zero-order chi connectivity index (χ0) is 11.1. The van der Waals surface area contributed by atoms with E-state index in [1.54, 1.807) is 14.2 Å². The SMILES string of the molecule is CCc1ccc(CNCC(OC)OC)s1. The van der Waals surface area contributed by atoms with E-state index in [4.69, 9.17) is 9.47 Å². The maximum atomic E-state index is 5.08.